The molecule has 0 aliphatic heterocycles. The van der Waals surface area contributed by atoms with E-state index < -0.39 is 0 Å². The van der Waals surface area contributed by atoms with Gasteiger partial charge < -0.3 is 5.32 Å². The number of nitrogens with one attached hydrogen (secondary N) is 1. The highest BCUT2D eigenvalue weighted by Gasteiger charge is 2.34. The van der Waals surface area contributed by atoms with E-state index in [1.54, 1.807) is 0 Å². The molecule has 0 bridgehead atoms. The second kappa shape index (κ2) is 6.20. The van der Waals surface area contributed by atoms with E-state index in [1.807, 2.05) is 0 Å². The standard InChI is InChI=1S/C16H25N/c1-3-4-6-11-15(17-16-12-13(16)2)14-9-7-5-8-10-14/h5,7-10,13,15-17H,3-4,6,11-12H2,1-2H3. The van der Waals surface area contributed by atoms with Crippen molar-refractivity contribution in [2.75, 3.05) is 0 Å². The third kappa shape index (κ3) is 3.85. The number of unbranched alkanes of at least 4 members (excludes halogenated alkanes) is 2. The molecule has 0 spiro atoms. The molecule has 0 radical (unpaired) electrons. The van der Waals surface area contributed by atoms with Gasteiger partial charge in [-0.05, 0) is 24.3 Å². The molecule has 1 nitrogen and oxygen atoms in total. The largest absolute Gasteiger partial charge is 0.307 e. The fourth-order valence-corrected chi connectivity index (χ4v) is 2.44. The molecule has 0 saturated heterocycles. The molecule has 1 aliphatic carbocycles. The van der Waals surface area contributed by atoms with Crippen molar-refractivity contribution in [3.05, 3.63) is 35.9 Å². The molecule has 3 unspecified atom stereocenters. The molecule has 1 saturated carbocycles. The molecule has 3 atom stereocenters. The Morgan fingerprint density at radius 1 is 1.24 bits per heavy atom. The predicted octanol–water partition coefficient (Wildman–Crippen LogP) is 4.31. The molecule has 1 heteroatoms. The highest BCUT2D eigenvalue weighted by Crippen LogP contribution is 2.33. The lowest BCUT2D eigenvalue weighted by Gasteiger charge is -2.19. The molecule has 0 heterocycles. The van der Waals surface area contributed by atoms with Gasteiger partial charge in [-0.25, -0.2) is 0 Å². The van der Waals surface area contributed by atoms with Crippen molar-refractivity contribution >= 4 is 0 Å². The summed E-state index contributed by atoms with van der Waals surface area (Å²) in [5.74, 6) is 0.882. The Bertz CT molecular complexity index is 320. The summed E-state index contributed by atoms with van der Waals surface area (Å²) in [6, 6.07) is 12.3. The van der Waals surface area contributed by atoms with E-state index in [0.717, 1.165) is 12.0 Å². The summed E-state index contributed by atoms with van der Waals surface area (Å²) in [6.07, 6.45) is 6.63. The van der Waals surface area contributed by atoms with Crippen molar-refractivity contribution in [2.45, 2.75) is 58.0 Å². The second-order valence-electron chi connectivity index (χ2n) is 5.45. The molecule has 1 aromatic rings. The summed E-state index contributed by atoms with van der Waals surface area (Å²) < 4.78 is 0. The van der Waals surface area contributed by atoms with Crippen molar-refractivity contribution in [1.82, 2.24) is 5.32 Å². The quantitative estimate of drug-likeness (QED) is 0.690. The Labute approximate surface area is 106 Å². The summed E-state index contributed by atoms with van der Waals surface area (Å²) in [6.45, 7) is 4.61. The first-order chi connectivity index (χ1) is 8.31. The third-order valence-corrected chi connectivity index (χ3v) is 3.82. The van der Waals surface area contributed by atoms with Gasteiger partial charge in [0.25, 0.3) is 0 Å². The van der Waals surface area contributed by atoms with Crippen LogP contribution in [0.1, 0.15) is 57.6 Å². The Hall–Kier alpha value is -0.820. The van der Waals surface area contributed by atoms with Crippen LogP contribution in [-0.4, -0.2) is 6.04 Å². The highest BCUT2D eigenvalue weighted by atomic mass is 15.0. The van der Waals surface area contributed by atoms with Crippen LogP contribution in [0.3, 0.4) is 0 Å². The lowest BCUT2D eigenvalue weighted by molar-refractivity contribution is 0.462. The van der Waals surface area contributed by atoms with Gasteiger partial charge in [0.2, 0.25) is 0 Å². The number of hydrogen-bond acceptors (Lipinski definition) is 1. The van der Waals surface area contributed by atoms with Crippen molar-refractivity contribution in [2.24, 2.45) is 5.92 Å². The Morgan fingerprint density at radius 3 is 2.53 bits per heavy atom. The topological polar surface area (TPSA) is 12.0 Å². The van der Waals surface area contributed by atoms with Gasteiger partial charge in [-0.2, -0.15) is 0 Å². The summed E-state index contributed by atoms with van der Waals surface area (Å²) in [5, 5.41) is 3.82. The minimum Gasteiger partial charge on any atom is -0.307 e. The average molecular weight is 231 g/mol. The fourth-order valence-electron chi connectivity index (χ4n) is 2.44. The molecule has 1 aliphatic rings. The second-order valence-corrected chi connectivity index (χ2v) is 5.45. The van der Waals surface area contributed by atoms with Crippen LogP contribution in [0.4, 0.5) is 0 Å². The van der Waals surface area contributed by atoms with E-state index in [9.17, 15) is 0 Å². The van der Waals surface area contributed by atoms with Crippen LogP contribution in [-0.2, 0) is 0 Å². The van der Waals surface area contributed by atoms with E-state index in [1.165, 1.54) is 37.7 Å². The maximum atomic E-state index is 3.82. The lowest BCUT2D eigenvalue weighted by atomic mass is 10.0. The number of rotatable bonds is 7. The maximum absolute atomic E-state index is 3.82. The van der Waals surface area contributed by atoms with E-state index >= 15 is 0 Å². The maximum Gasteiger partial charge on any atom is 0.0322 e. The molecule has 2 rings (SSSR count). The zero-order chi connectivity index (χ0) is 12.1. The van der Waals surface area contributed by atoms with Crippen molar-refractivity contribution in [3.8, 4) is 0 Å². The van der Waals surface area contributed by atoms with Gasteiger partial charge in [0.1, 0.15) is 0 Å². The summed E-state index contributed by atoms with van der Waals surface area (Å²) >= 11 is 0. The van der Waals surface area contributed by atoms with Gasteiger partial charge in [0.05, 0.1) is 0 Å². The normalized spacial score (nSPS) is 24.6. The molecular formula is C16H25N. The Balaban J connectivity index is 1.91. The average Bonchev–Trinajstić information content (AvgIpc) is 3.05. The molecular weight excluding hydrogens is 206 g/mol. The van der Waals surface area contributed by atoms with Crippen molar-refractivity contribution in [1.29, 1.82) is 0 Å². The third-order valence-electron chi connectivity index (χ3n) is 3.82. The zero-order valence-corrected chi connectivity index (χ0v) is 11.2. The molecule has 0 amide bonds. The minimum absolute atomic E-state index is 0.567. The minimum atomic E-state index is 0.567. The van der Waals surface area contributed by atoms with Gasteiger partial charge in [0, 0.05) is 12.1 Å². The van der Waals surface area contributed by atoms with Gasteiger partial charge >= 0.3 is 0 Å². The first-order valence-electron chi connectivity index (χ1n) is 7.12. The van der Waals surface area contributed by atoms with Crippen LogP contribution in [0, 0.1) is 5.92 Å². The SMILES string of the molecule is CCCCCC(NC1CC1C)c1ccccc1. The summed E-state index contributed by atoms with van der Waals surface area (Å²) in [4.78, 5) is 0. The lowest BCUT2D eigenvalue weighted by Crippen LogP contribution is -2.24. The van der Waals surface area contributed by atoms with Gasteiger partial charge in [-0.3, -0.25) is 0 Å². The van der Waals surface area contributed by atoms with Crippen molar-refractivity contribution in [3.63, 3.8) is 0 Å². The monoisotopic (exact) mass is 231 g/mol. The van der Waals surface area contributed by atoms with Gasteiger partial charge in [-0.1, -0.05) is 63.4 Å². The number of benzene rings is 1. The molecule has 17 heavy (non-hydrogen) atoms. The van der Waals surface area contributed by atoms with Crippen LogP contribution in [0.25, 0.3) is 0 Å². The van der Waals surface area contributed by atoms with Gasteiger partial charge in [-0.15, -0.1) is 0 Å². The highest BCUT2D eigenvalue weighted by molar-refractivity contribution is 5.19. The van der Waals surface area contributed by atoms with E-state index in [0.29, 0.717) is 6.04 Å². The van der Waals surface area contributed by atoms with Crippen LogP contribution >= 0.6 is 0 Å². The first-order valence-corrected chi connectivity index (χ1v) is 7.12. The summed E-state index contributed by atoms with van der Waals surface area (Å²) in [5.41, 5.74) is 1.46. The van der Waals surface area contributed by atoms with E-state index in [2.05, 4.69) is 49.5 Å². The predicted molar refractivity (Wildman–Crippen MR) is 74.0 cm³/mol. The van der Waals surface area contributed by atoms with Crippen molar-refractivity contribution < 1.29 is 0 Å². The molecule has 94 valence electrons. The van der Waals surface area contributed by atoms with Crippen LogP contribution in [0.5, 0.6) is 0 Å². The van der Waals surface area contributed by atoms with E-state index in [-0.39, 0.29) is 0 Å². The van der Waals surface area contributed by atoms with Gasteiger partial charge in [0.15, 0.2) is 0 Å². The Morgan fingerprint density at radius 2 is 1.94 bits per heavy atom. The van der Waals surface area contributed by atoms with E-state index in [4.69, 9.17) is 0 Å². The van der Waals surface area contributed by atoms with Crippen LogP contribution in [0.15, 0.2) is 30.3 Å². The smallest absolute Gasteiger partial charge is 0.0322 e. The zero-order valence-electron chi connectivity index (χ0n) is 11.2. The molecule has 0 aromatic heterocycles. The van der Waals surface area contributed by atoms with Crippen LogP contribution < -0.4 is 5.32 Å². The molecule has 1 fully saturated rings. The first kappa shape index (κ1) is 12.6. The fraction of sp³-hybridized carbons (Fsp3) is 0.625. The number of hydrogen-bond donors (Lipinski definition) is 1. The molecule has 1 aromatic carbocycles. The Kier molecular flexibility index (Phi) is 4.61. The summed E-state index contributed by atoms with van der Waals surface area (Å²) in [7, 11) is 0. The van der Waals surface area contributed by atoms with Crippen LogP contribution in [0.2, 0.25) is 0 Å². The molecule has 1 N–H and O–H groups in total.